The van der Waals surface area contributed by atoms with E-state index in [2.05, 4.69) is 0 Å². The largest absolute Gasteiger partial charge is 0.478 e. The van der Waals surface area contributed by atoms with Gasteiger partial charge in [-0.05, 0) is 45.0 Å². The van der Waals surface area contributed by atoms with E-state index in [0.29, 0.717) is 5.69 Å². The second-order valence-corrected chi connectivity index (χ2v) is 5.97. The first-order valence-electron chi connectivity index (χ1n) is 7.20. The third-order valence-corrected chi connectivity index (χ3v) is 2.97. The molecule has 0 heterocycles. The minimum absolute atomic E-state index is 0.0298. The lowest BCUT2D eigenvalue weighted by Crippen LogP contribution is -2.34. The molecule has 0 fully saturated rings. The Morgan fingerprint density at radius 3 is 2.09 bits per heavy atom. The summed E-state index contributed by atoms with van der Waals surface area (Å²) in [5.74, 6) is -1.11. The number of carbonyl (C=O) groups is 2. The number of hydrogen-bond acceptors (Lipinski definition) is 3. The predicted molar refractivity (Wildman–Crippen MR) is 88.2 cm³/mol. The number of hydrogen-bond donors (Lipinski definition) is 1. The maximum Gasteiger partial charge on any atom is 0.419 e. The number of benzene rings is 2. The van der Waals surface area contributed by atoms with Crippen molar-refractivity contribution in [2.75, 3.05) is 4.90 Å². The molecule has 120 valence electrons. The van der Waals surface area contributed by atoms with E-state index in [1.54, 1.807) is 63.2 Å². The van der Waals surface area contributed by atoms with Crippen molar-refractivity contribution >= 4 is 23.4 Å². The maximum atomic E-state index is 12.6. The number of para-hydroxylation sites is 2. The van der Waals surface area contributed by atoms with E-state index < -0.39 is 17.7 Å². The normalized spacial score (nSPS) is 10.9. The summed E-state index contributed by atoms with van der Waals surface area (Å²) in [6.45, 7) is 5.28. The number of nitrogens with zero attached hydrogens (tertiary/aromatic N) is 1. The smallest absolute Gasteiger partial charge is 0.419 e. The van der Waals surface area contributed by atoms with Gasteiger partial charge in [-0.25, -0.2) is 14.5 Å². The first kappa shape index (κ1) is 16.5. The molecule has 1 amide bonds. The van der Waals surface area contributed by atoms with Gasteiger partial charge < -0.3 is 9.84 Å². The molecule has 0 aliphatic carbocycles. The van der Waals surface area contributed by atoms with Gasteiger partial charge in [0.25, 0.3) is 0 Å². The minimum Gasteiger partial charge on any atom is -0.478 e. The van der Waals surface area contributed by atoms with E-state index in [4.69, 9.17) is 4.74 Å². The zero-order chi connectivity index (χ0) is 17.0. The van der Waals surface area contributed by atoms with Crippen molar-refractivity contribution in [2.24, 2.45) is 0 Å². The Balaban J connectivity index is 2.55. The molecule has 0 saturated heterocycles. The second kappa shape index (κ2) is 6.52. The van der Waals surface area contributed by atoms with Gasteiger partial charge in [0.1, 0.15) is 5.60 Å². The van der Waals surface area contributed by atoms with Crippen molar-refractivity contribution in [3.63, 3.8) is 0 Å². The average molecular weight is 313 g/mol. The van der Waals surface area contributed by atoms with Crippen LogP contribution in [0, 0.1) is 0 Å². The molecule has 0 aromatic heterocycles. The van der Waals surface area contributed by atoms with Crippen LogP contribution in [0.25, 0.3) is 0 Å². The van der Waals surface area contributed by atoms with Crippen LogP contribution >= 0.6 is 0 Å². The van der Waals surface area contributed by atoms with Gasteiger partial charge in [0.05, 0.1) is 16.9 Å². The van der Waals surface area contributed by atoms with Crippen molar-refractivity contribution in [3.05, 3.63) is 60.2 Å². The fourth-order valence-electron chi connectivity index (χ4n) is 2.08. The predicted octanol–water partition coefficient (Wildman–Crippen LogP) is 4.46. The van der Waals surface area contributed by atoms with Crippen molar-refractivity contribution < 1.29 is 19.4 Å². The molecule has 0 spiro atoms. The summed E-state index contributed by atoms with van der Waals surface area (Å²) in [7, 11) is 0. The van der Waals surface area contributed by atoms with Crippen LogP contribution in [0.1, 0.15) is 31.1 Å². The number of anilines is 2. The Kier molecular flexibility index (Phi) is 4.69. The van der Waals surface area contributed by atoms with Crippen LogP contribution in [0.15, 0.2) is 54.6 Å². The Hall–Kier alpha value is -2.82. The number of ether oxygens (including phenoxy) is 1. The molecule has 2 aromatic rings. The summed E-state index contributed by atoms with van der Waals surface area (Å²) in [4.78, 5) is 25.4. The first-order valence-corrected chi connectivity index (χ1v) is 7.20. The van der Waals surface area contributed by atoms with Gasteiger partial charge >= 0.3 is 12.1 Å². The summed E-state index contributed by atoms with van der Waals surface area (Å²) in [5.41, 5.74) is 0.139. The van der Waals surface area contributed by atoms with Crippen molar-refractivity contribution in [2.45, 2.75) is 26.4 Å². The van der Waals surface area contributed by atoms with Gasteiger partial charge in [0.15, 0.2) is 0 Å². The Labute approximate surface area is 135 Å². The van der Waals surface area contributed by atoms with E-state index in [0.717, 1.165) is 0 Å². The highest BCUT2D eigenvalue weighted by Crippen LogP contribution is 2.30. The SMILES string of the molecule is CC(C)(C)OC(=O)N(c1ccccc1)c1ccccc1C(=O)O. The average Bonchev–Trinajstić information content (AvgIpc) is 2.47. The highest BCUT2D eigenvalue weighted by atomic mass is 16.6. The Bertz CT molecular complexity index is 704. The summed E-state index contributed by atoms with van der Waals surface area (Å²) >= 11 is 0. The fourth-order valence-corrected chi connectivity index (χ4v) is 2.08. The first-order chi connectivity index (χ1) is 10.8. The van der Waals surface area contributed by atoms with E-state index in [1.165, 1.54) is 11.0 Å². The van der Waals surface area contributed by atoms with E-state index in [-0.39, 0.29) is 11.3 Å². The van der Waals surface area contributed by atoms with Crippen molar-refractivity contribution in [3.8, 4) is 0 Å². The van der Waals surface area contributed by atoms with Gasteiger partial charge in [0.2, 0.25) is 0 Å². The third kappa shape index (κ3) is 4.10. The Morgan fingerprint density at radius 2 is 1.52 bits per heavy atom. The van der Waals surface area contributed by atoms with Crippen LogP contribution in [0.3, 0.4) is 0 Å². The van der Waals surface area contributed by atoms with Crippen LogP contribution < -0.4 is 4.90 Å². The molecule has 0 aliphatic rings. The zero-order valence-electron chi connectivity index (χ0n) is 13.3. The van der Waals surface area contributed by atoms with Crippen molar-refractivity contribution in [1.29, 1.82) is 0 Å². The molecule has 5 nitrogen and oxygen atoms in total. The Morgan fingerprint density at radius 1 is 0.957 bits per heavy atom. The van der Waals surface area contributed by atoms with Gasteiger partial charge in [0, 0.05) is 0 Å². The second-order valence-electron chi connectivity index (χ2n) is 5.97. The number of carboxylic acids is 1. The standard InChI is InChI=1S/C18H19NO4/c1-18(2,3)23-17(22)19(13-9-5-4-6-10-13)15-12-8-7-11-14(15)16(20)21/h4-12H,1-3H3,(H,20,21). The van der Waals surface area contributed by atoms with Crippen molar-refractivity contribution in [1.82, 2.24) is 0 Å². The lowest BCUT2D eigenvalue weighted by molar-refractivity contribution is 0.0599. The van der Waals surface area contributed by atoms with Crippen LogP contribution in [0.5, 0.6) is 0 Å². The molecule has 0 saturated carbocycles. The van der Waals surface area contributed by atoms with Crippen LogP contribution in [-0.4, -0.2) is 22.8 Å². The van der Waals surface area contributed by atoms with Gasteiger partial charge in [-0.1, -0.05) is 30.3 Å². The highest BCUT2D eigenvalue weighted by molar-refractivity contribution is 6.04. The summed E-state index contributed by atoms with van der Waals surface area (Å²) in [5, 5.41) is 9.40. The molecule has 2 rings (SSSR count). The molecule has 0 unspecified atom stereocenters. The topological polar surface area (TPSA) is 66.8 Å². The molecule has 2 aromatic carbocycles. The molecular weight excluding hydrogens is 294 g/mol. The molecule has 5 heteroatoms. The lowest BCUT2D eigenvalue weighted by Gasteiger charge is -2.28. The van der Waals surface area contributed by atoms with Crippen LogP contribution in [-0.2, 0) is 4.74 Å². The number of aromatic carboxylic acids is 1. The molecular formula is C18H19NO4. The lowest BCUT2D eigenvalue weighted by atomic mass is 10.1. The molecule has 0 aliphatic heterocycles. The van der Waals surface area contributed by atoms with E-state index in [9.17, 15) is 14.7 Å². The number of amides is 1. The van der Waals surface area contributed by atoms with Crippen LogP contribution in [0.2, 0.25) is 0 Å². The molecule has 1 N–H and O–H groups in total. The molecule has 0 bridgehead atoms. The highest BCUT2D eigenvalue weighted by Gasteiger charge is 2.27. The van der Waals surface area contributed by atoms with Gasteiger partial charge in [-0.3, -0.25) is 0 Å². The third-order valence-electron chi connectivity index (χ3n) is 2.97. The number of rotatable bonds is 3. The summed E-state index contributed by atoms with van der Waals surface area (Å²) in [6.07, 6.45) is -0.627. The fraction of sp³-hybridized carbons (Fsp3) is 0.222. The van der Waals surface area contributed by atoms with Gasteiger partial charge in [-0.2, -0.15) is 0 Å². The zero-order valence-corrected chi connectivity index (χ0v) is 13.3. The minimum atomic E-state index is -1.11. The summed E-state index contributed by atoms with van der Waals surface area (Å²) in [6, 6.07) is 15.2. The van der Waals surface area contributed by atoms with Gasteiger partial charge in [-0.15, -0.1) is 0 Å². The van der Waals surface area contributed by atoms with E-state index in [1.807, 2.05) is 6.07 Å². The molecule has 23 heavy (non-hydrogen) atoms. The number of carbonyl (C=O) groups excluding carboxylic acids is 1. The quantitative estimate of drug-likeness (QED) is 0.908. The molecule has 0 radical (unpaired) electrons. The number of carboxylic acid groups (broad SMARTS) is 1. The molecule has 0 atom stereocenters. The van der Waals surface area contributed by atoms with E-state index >= 15 is 0 Å². The van der Waals surface area contributed by atoms with Crippen LogP contribution in [0.4, 0.5) is 16.2 Å². The monoisotopic (exact) mass is 313 g/mol. The maximum absolute atomic E-state index is 12.6. The summed E-state index contributed by atoms with van der Waals surface area (Å²) < 4.78 is 5.44.